The third kappa shape index (κ3) is 3.42. The summed E-state index contributed by atoms with van der Waals surface area (Å²) in [6, 6.07) is 4.85. The summed E-state index contributed by atoms with van der Waals surface area (Å²) in [5.41, 5.74) is 0. The Morgan fingerprint density at radius 2 is 1.33 bits per heavy atom. The van der Waals surface area contributed by atoms with Gasteiger partial charge in [0.15, 0.2) is 0 Å². The number of carbonyl (C=O) groups excluding carboxylic acids is 1. The molecular weight excluding hydrogens is 377 g/mol. The molecule has 0 spiro atoms. The third-order valence-corrected chi connectivity index (χ3v) is 4.45. The van der Waals surface area contributed by atoms with Crippen molar-refractivity contribution in [2.24, 2.45) is 4.36 Å². The molecule has 1 aromatic carbocycles. The van der Waals surface area contributed by atoms with E-state index in [0.717, 1.165) is 24.3 Å². The summed E-state index contributed by atoms with van der Waals surface area (Å²) in [5.74, 6) is -15.3. The van der Waals surface area contributed by atoms with E-state index in [2.05, 4.69) is 4.36 Å². The molecule has 0 N–H and O–H groups in total. The van der Waals surface area contributed by atoms with E-state index in [1.807, 2.05) is 0 Å². The van der Waals surface area contributed by atoms with Gasteiger partial charge in [-0.3, -0.25) is 4.79 Å². The maximum absolute atomic E-state index is 14.0. The van der Waals surface area contributed by atoms with Gasteiger partial charge in [-0.15, -0.1) is 0 Å². The fourth-order valence-corrected chi connectivity index (χ4v) is 2.98. The average Bonchev–Trinajstić information content (AvgIpc) is 2.43. The predicted molar refractivity (Wildman–Crippen MR) is 66.1 cm³/mol. The Bertz CT molecular complexity index is 640. The smallest absolute Gasteiger partial charge is 0.272 e. The van der Waals surface area contributed by atoms with Crippen LogP contribution in [0.4, 0.5) is 39.5 Å². The minimum absolute atomic E-state index is 0.569. The highest BCUT2D eigenvalue weighted by Crippen LogP contribution is 2.55. The first-order valence-corrected chi connectivity index (χ1v) is 7.06. The van der Waals surface area contributed by atoms with Crippen molar-refractivity contribution in [2.75, 3.05) is 0 Å². The maximum Gasteiger partial charge on any atom is 0.460 e. The molecule has 0 fully saturated rings. The van der Waals surface area contributed by atoms with E-state index in [1.165, 1.54) is 6.07 Å². The van der Waals surface area contributed by atoms with E-state index in [-0.39, 0.29) is 0 Å². The Labute approximate surface area is 131 Å². The molecule has 0 radical (unpaired) electrons. The van der Waals surface area contributed by atoms with Gasteiger partial charge in [0.1, 0.15) is 0 Å². The lowest BCUT2D eigenvalue weighted by atomic mass is 10.1. The van der Waals surface area contributed by atoms with E-state index < -0.39 is 44.8 Å². The number of alkyl halides is 9. The highest BCUT2D eigenvalue weighted by Gasteiger charge is 2.83. The zero-order valence-electron chi connectivity index (χ0n) is 11.6. The molecule has 136 valence electrons. The molecule has 1 unspecified atom stereocenters. The standard InChI is InChI=1S/C12H8F9NOS/c1-7(23)22-24(8-5-3-2-4-6-8)12(20,21)10(15,16)9(13,14)11(17,18)19/h2-6H,1H3. The van der Waals surface area contributed by atoms with Gasteiger partial charge in [-0.05, 0) is 12.1 Å². The molecular formula is C12H8F9NOS. The van der Waals surface area contributed by atoms with Crippen LogP contribution in [0.15, 0.2) is 39.6 Å². The number of hydrogen-bond donors (Lipinski definition) is 0. The van der Waals surface area contributed by atoms with Crippen LogP contribution in [0.1, 0.15) is 6.92 Å². The van der Waals surface area contributed by atoms with E-state index in [1.54, 1.807) is 0 Å². The van der Waals surface area contributed by atoms with Crippen molar-refractivity contribution in [3.63, 3.8) is 0 Å². The zero-order chi connectivity index (χ0) is 19.0. The molecule has 0 aliphatic rings. The summed E-state index contributed by atoms with van der Waals surface area (Å²) in [5, 5.41) is -5.97. The quantitative estimate of drug-likeness (QED) is 0.684. The van der Waals surface area contributed by atoms with Gasteiger partial charge in [-0.2, -0.15) is 43.9 Å². The minimum atomic E-state index is -7.03. The largest absolute Gasteiger partial charge is 0.460 e. The van der Waals surface area contributed by atoms with Crippen LogP contribution in [0.5, 0.6) is 0 Å². The van der Waals surface area contributed by atoms with Gasteiger partial charge in [0.2, 0.25) is 5.91 Å². The van der Waals surface area contributed by atoms with Gasteiger partial charge in [0.25, 0.3) is 0 Å². The first-order chi connectivity index (χ1) is 10.7. The van der Waals surface area contributed by atoms with Gasteiger partial charge in [0.05, 0.1) is 0 Å². The van der Waals surface area contributed by atoms with Crippen LogP contribution >= 0.6 is 0 Å². The summed E-state index contributed by atoms with van der Waals surface area (Å²) >= 11 is 0. The average molecular weight is 385 g/mol. The van der Waals surface area contributed by atoms with Gasteiger partial charge in [0, 0.05) is 22.5 Å². The Balaban J connectivity index is 3.60. The van der Waals surface area contributed by atoms with Crippen molar-refractivity contribution in [3.05, 3.63) is 30.3 Å². The zero-order valence-corrected chi connectivity index (χ0v) is 12.4. The van der Waals surface area contributed by atoms with Crippen LogP contribution in [0.25, 0.3) is 0 Å². The Kier molecular flexibility index (Phi) is 5.43. The van der Waals surface area contributed by atoms with E-state index >= 15 is 0 Å². The summed E-state index contributed by atoms with van der Waals surface area (Å²) < 4.78 is 120. The maximum atomic E-state index is 14.0. The van der Waals surface area contributed by atoms with E-state index in [4.69, 9.17) is 0 Å². The third-order valence-electron chi connectivity index (χ3n) is 2.55. The fourth-order valence-electron chi connectivity index (χ4n) is 1.42. The second-order valence-electron chi connectivity index (χ2n) is 4.37. The van der Waals surface area contributed by atoms with Crippen molar-refractivity contribution in [1.82, 2.24) is 0 Å². The Hall–Kier alpha value is -1.59. The van der Waals surface area contributed by atoms with E-state index in [0.29, 0.717) is 6.92 Å². The molecule has 0 aliphatic heterocycles. The Morgan fingerprint density at radius 1 is 0.875 bits per heavy atom. The molecule has 12 heteroatoms. The number of nitrogens with zero attached hydrogens (tertiary/aromatic N) is 1. The molecule has 1 amide bonds. The van der Waals surface area contributed by atoms with Crippen molar-refractivity contribution in [1.29, 1.82) is 0 Å². The number of amides is 1. The van der Waals surface area contributed by atoms with Gasteiger partial charge < -0.3 is 0 Å². The monoisotopic (exact) mass is 385 g/mol. The predicted octanol–water partition coefficient (Wildman–Crippen LogP) is 4.82. The first kappa shape index (κ1) is 20.5. The first-order valence-electron chi connectivity index (χ1n) is 5.88. The molecule has 0 aromatic heterocycles. The molecule has 0 saturated carbocycles. The number of halogens is 9. The second-order valence-corrected chi connectivity index (χ2v) is 6.11. The van der Waals surface area contributed by atoms with Crippen LogP contribution in [0.3, 0.4) is 0 Å². The highest BCUT2D eigenvalue weighted by atomic mass is 32.2. The molecule has 1 atom stereocenters. The van der Waals surface area contributed by atoms with Crippen LogP contribution < -0.4 is 0 Å². The lowest BCUT2D eigenvalue weighted by Gasteiger charge is -2.34. The summed E-state index contributed by atoms with van der Waals surface area (Å²) in [4.78, 5) is 10.1. The minimum Gasteiger partial charge on any atom is -0.272 e. The number of hydrogen-bond acceptors (Lipinski definition) is 1. The molecule has 1 rings (SSSR count). The molecule has 1 aromatic rings. The molecule has 0 bridgehead atoms. The summed E-state index contributed by atoms with van der Waals surface area (Å²) in [7, 11) is -3.57. The lowest BCUT2D eigenvalue weighted by molar-refractivity contribution is -0.381. The highest BCUT2D eigenvalue weighted by molar-refractivity contribution is 7.88. The molecule has 0 heterocycles. The summed E-state index contributed by atoms with van der Waals surface area (Å²) in [6.45, 7) is 0.569. The van der Waals surface area contributed by atoms with Gasteiger partial charge in [-0.1, -0.05) is 18.2 Å². The SMILES string of the molecule is CC(=O)N=S(c1ccccc1)C(F)(F)C(F)(F)C(F)(F)C(F)(F)F. The normalized spacial score (nSPS) is 15.4. The van der Waals surface area contributed by atoms with Gasteiger partial charge in [-0.25, -0.2) is 0 Å². The van der Waals surface area contributed by atoms with Crippen LogP contribution in [-0.2, 0) is 15.5 Å². The molecule has 0 saturated heterocycles. The fraction of sp³-hybridized carbons (Fsp3) is 0.417. The van der Waals surface area contributed by atoms with Crippen LogP contribution in [-0.4, -0.2) is 29.2 Å². The van der Waals surface area contributed by atoms with Crippen molar-refractivity contribution < 1.29 is 44.3 Å². The van der Waals surface area contributed by atoms with Crippen LogP contribution in [0.2, 0.25) is 0 Å². The summed E-state index contributed by atoms with van der Waals surface area (Å²) in [6.07, 6.45) is -6.93. The van der Waals surface area contributed by atoms with Crippen LogP contribution in [0, 0.1) is 0 Å². The topological polar surface area (TPSA) is 29.4 Å². The molecule has 24 heavy (non-hydrogen) atoms. The van der Waals surface area contributed by atoms with Crippen molar-refractivity contribution in [3.8, 4) is 0 Å². The number of rotatable bonds is 4. The molecule has 2 nitrogen and oxygen atoms in total. The van der Waals surface area contributed by atoms with Crippen molar-refractivity contribution >= 4 is 16.6 Å². The number of benzene rings is 1. The van der Waals surface area contributed by atoms with E-state index in [9.17, 15) is 44.3 Å². The molecule has 0 aliphatic carbocycles. The second kappa shape index (κ2) is 6.37. The Morgan fingerprint density at radius 3 is 1.71 bits per heavy atom. The lowest BCUT2D eigenvalue weighted by Crippen LogP contribution is -2.62. The van der Waals surface area contributed by atoms with Crippen molar-refractivity contribution in [2.45, 2.75) is 35.1 Å². The van der Waals surface area contributed by atoms with Gasteiger partial charge >= 0.3 is 23.3 Å². The number of carbonyl (C=O) groups is 1.